The Labute approximate surface area is 81.9 Å². The van der Waals surface area contributed by atoms with Crippen molar-refractivity contribution in [2.75, 3.05) is 0 Å². The molecule has 0 spiro atoms. The van der Waals surface area contributed by atoms with E-state index < -0.39 is 0 Å². The van der Waals surface area contributed by atoms with Gasteiger partial charge in [-0.3, -0.25) is 0 Å². The lowest BCUT2D eigenvalue weighted by Crippen LogP contribution is -1.64. The van der Waals surface area contributed by atoms with Crippen LogP contribution in [0.1, 0.15) is 0 Å². The summed E-state index contributed by atoms with van der Waals surface area (Å²) in [6.07, 6.45) is 0. The lowest BCUT2D eigenvalue weighted by molar-refractivity contribution is 0.453. The Hall–Kier alpha value is -0.670. The summed E-state index contributed by atoms with van der Waals surface area (Å²) in [4.78, 5) is 0. The first kappa shape index (κ1) is 7.95. The zero-order valence-electron chi connectivity index (χ0n) is 5.84. The Bertz CT molecular complexity index is 436. The maximum absolute atomic E-state index is 9.41. The summed E-state index contributed by atoms with van der Waals surface area (Å²) in [5.41, 5.74) is 0.576. The quantitative estimate of drug-likeness (QED) is 0.772. The van der Waals surface area contributed by atoms with Gasteiger partial charge in [-0.25, -0.2) is 0 Å². The monoisotopic (exact) mass is 246 g/mol. The highest BCUT2D eigenvalue weighted by Crippen LogP contribution is 2.36. The third-order valence-corrected chi connectivity index (χ3v) is 2.36. The number of rotatable bonds is 0. The second kappa shape index (κ2) is 2.68. The molecule has 0 saturated heterocycles. The van der Waals surface area contributed by atoms with Crippen LogP contribution in [-0.4, -0.2) is 5.11 Å². The number of benzene rings is 1. The highest BCUT2D eigenvalue weighted by Gasteiger charge is 2.09. The zero-order valence-corrected chi connectivity index (χ0v) is 8.19. The predicted octanol–water partition coefficient (Wildman–Crippen LogP) is 3.55. The molecule has 0 atom stereocenters. The number of furan rings is 1. The molecule has 0 aliphatic carbocycles. The minimum Gasteiger partial charge on any atom is -0.503 e. The van der Waals surface area contributed by atoms with Crippen LogP contribution in [0.15, 0.2) is 27.3 Å². The van der Waals surface area contributed by atoms with Gasteiger partial charge in [0.25, 0.3) is 0 Å². The second-order valence-corrected chi connectivity index (χ2v) is 3.52. The number of fused-ring (bicyclic) bond motifs is 1. The van der Waals surface area contributed by atoms with E-state index in [2.05, 4.69) is 15.9 Å². The van der Waals surface area contributed by atoms with Crippen LogP contribution >= 0.6 is 27.5 Å². The second-order valence-electron chi connectivity index (χ2n) is 2.36. The fraction of sp³-hybridized carbons (Fsp3) is 0. The Morgan fingerprint density at radius 2 is 2.17 bits per heavy atom. The van der Waals surface area contributed by atoms with Crippen LogP contribution in [0.4, 0.5) is 0 Å². The van der Waals surface area contributed by atoms with Gasteiger partial charge in [0.2, 0.25) is 4.67 Å². The standard InChI is InChI=1S/C8H4BrClO2/c9-8-7(11)5-2-1-4(10)3-6(5)12-8/h1-3,11H. The molecule has 2 aromatic rings. The van der Waals surface area contributed by atoms with Crippen LogP contribution in [-0.2, 0) is 0 Å². The normalized spacial score (nSPS) is 10.8. The molecule has 4 heteroatoms. The van der Waals surface area contributed by atoms with Gasteiger partial charge in [-0.15, -0.1) is 0 Å². The molecule has 0 unspecified atom stereocenters. The zero-order chi connectivity index (χ0) is 8.72. The molecule has 2 rings (SSSR count). The van der Waals surface area contributed by atoms with E-state index in [9.17, 15) is 5.11 Å². The van der Waals surface area contributed by atoms with Gasteiger partial charge in [0.05, 0.1) is 5.39 Å². The van der Waals surface area contributed by atoms with E-state index in [0.717, 1.165) is 0 Å². The van der Waals surface area contributed by atoms with Gasteiger partial charge in [0.15, 0.2) is 5.75 Å². The van der Waals surface area contributed by atoms with Crippen LogP contribution in [0, 0.1) is 0 Å². The summed E-state index contributed by atoms with van der Waals surface area (Å²) in [6, 6.07) is 5.06. The molecule has 0 fully saturated rings. The lowest BCUT2D eigenvalue weighted by Gasteiger charge is -1.88. The summed E-state index contributed by atoms with van der Waals surface area (Å²) >= 11 is 8.80. The highest BCUT2D eigenvalue weighted by molar-refractivity contribution is 9.10. The van der Waals surface area contributed by atoms with Crippen molar-refractivity contribution < 1.29 is 9.52 Å². The Morgan fingerprint density at radius 1 is 1.42 bits per heavy atom. The van der Waals surface area contributed by atoms with Crippen LogP contribution in [0.5, 0.6) is 5.75 Å². The minimum absolute atomic E-state index is 0.113. The Morgan fingerprint density at radius 3 is 2.92 bits per heavy atom. The molecule has 0 radical (unpaired) electrons. The SMILES string of the molecule is Oc1c(Br)oc2cc(Cl)ccc12. The van der Waals surface area contributed by atoms with E-state index in [4.69, 9.17) is 16.0 Å². The van der Waals surface area contributed by atoms with E-state index in [1.54, 1.807) is 18.2 Å². The largest absolute Gasteiger partial charge is 0.503 e. The van der Waals surface area contributed by atoms with E-state index >= 15 is 0 Å². The Kier molecular flexibility index (Phi) is 1.77. The summed E-state index contributed by atoms with van der Waals surface area (Å²) in [6.45, 7) is 0. The topological polar surface area (TPSA) is 33.4 Å². The van der Waals surface area contributed by atoms with Gasteiger partial charge >= 0.3 is 0 Å². The van der Waals surface area contributed by atoms with E-state index in [0.29, 0.717) is 20.7 Å². The molecule has 0 aliphatic rings. The van der Waals surface area contributed by atoms with Crippen molar-refractivity contribution in [1.29, 1.82) is 0 Å². The van der Waals surface area contributed by atoms with Crippen molar-refractivity contribution in [3.63, 3.8) is 0 Å². The number of hydrogen-bond donors (Lipinski definition) is 1. The summed E-state index contributed by atoms with van der Waals surface area (Å²) in [7, 11) is 0. The van der Waals surface area contributed by atoms with Gasteiger partial charge in [0.1, 0.15) is 5.58 Å². The molecular formula is C8H4BrClO2. The van der Waals surface area contributed by atoms with Crippen LogP contribution < -0.4 is 0 Å². The van der Waals surface area contributed by atoms with Crippen molar-refractivity contribution in [3.05, 3.63) is 27.9 Å². The van der Waals surface area contributed by atoms with Gasteiger partial charge < -0.3 is 9.52 Å². The first-order valence-corrected chi connectivity index (χ1v) is 4.42. The first-order chi connectivity index (χ1) is 5.68. The first-order valence-electron chi connectivity index (χ1n) is 3.25. The van der Waals surface area contributed by atoms with E-state index in [1.165, 1.54) is 0 Å². The molecule has 1 N–H and O–H groups in total. The van der Waals surface area contributed by atoms with Crippen molar-refractivity contribution in [1.82, 2.24) is 0 Å². The van der Waals surface area contributed by atoms with Gasteiger partial charge in [0, 0.05) is 11.1 Å². The number of aromatic hydroxyl groups is 1. The average molecular weight is 247 g/mol. The van der Waals surface area contributed by atoms with Crippen molar-refractivity contribution in [2.45, 2.75) is 0 Å². The summed E-state index contributed by atoms with van der Waals surface area (Å²) in [5, 5.41) is 10.7. The molecule has 1 aromatic carbocycles. The van der Waals surface area contributed by atoms with Crippen LogP contribution in [0.25, 0.3) is 11.0 Å². The Balaban J connectivity index is 2.87. The molecular weight excluding hydrogens is 243 g/mol. The molecule has 2 nitrogen and oxygen atoms in total. The van der Waals surface area contributed by atoms with E-state index in [1.807, 2.05) is 0 Å². The third kappa shape index (κ3) is 1.09. The lowest BCUT2D eigenvalue weighted by atomic mass is 10.2. The third-order valence-electron chi connectivity index (χ3n) is 1.58. The number of halogens is 2. The van der Waals surface area contributed by atoms with Crippen molar-refractivity contribution >= 4 is 38.5 Å². The molecule has 12 heavy (non-hydrogen) atoms. The molecule has 1 aromatic heterocycles. The molecule has 0 bridgehead atoms. The van der Waals surface area contributed by atoms with Crippen LogP contribution in [0.2, 0.25) is 5.02 Å². The smallest absolute Gasteiger partial charge is 0.212 e. The highest BCUT2D eigenvalue weighted by atomic mass is 79.9. The molecule has 62 valence electrons. The van der Waals surface area contributed by atoms with Gasteiger partial charge in [-0.1, -0.05) is 11.6 Å². The number of hydrogen-bond acceptors (Lipinski definition) is 2. The summed E-state index contributed by atoms with van der Waals surface area (Å²) in [5.74, 6) is 0.113. The molecule has 0 aliphatic heterocycles. The van der Waals surface area contributed by atoms with Gasteiger partial charge in [-0.2, -0.15) is 0 Å². The molecule has 0 saturated carbocycles. The molecule has 0 amide bonds. The fourth-order valence-electron chi connectivity index (χ4n) is 1.03. The maximum atomic E-state index is 9.41. The van der Waals surface area contributed by atoms with Crippen LogP contribution in [0.3, 0.4) is 0 Å². The minimum atomic E-state index is 0.113. The maximum Gasteiger partial charge on any atom is 0.212 e. The predicted molar refractivity (Wildman–Crippen MR) is 50.6 cm³/mol. The van der Waals surface area contributed by atoms with Gasteiger partial charge in [-0.05, 0) is 28.1 Å². The summed E-state index contributed by atoms with van der Waals surface area (Å²) < 4.78 is 5.49. The van der Waals surface area contributed by atoms with Crippen molar-refractivity contribution in [2.24, 2.45) is 0 Å². The fourth-order valence-corrected chi connectivity index (χ4v) is 1.58. The molecule has 1 heterocycles. The van der Waals surface area contributed by atoms with E-state index in [-0.39, 0.29) is 5.75 Å². The average Bonchev–Trinajstić information content (AvgIpc) is 2.28. The van der Waals surface area contributed by atoms with Crippen molar-refractivity contribution in [3.8, 4) is 5.75 Å².